The molecule has 0 aromatic carbocycles. The first-order valence-corrected chi connectivity index (χ1v) is 9.17. The summed E-state index contributed by atoms with van der Waals surface area (Å²) in [6, 6.07) is 6.01. The zero-order chi connectivity index (χ0) is 16.4. The molecule has 0 radical (unpaired) electrons. The van der Waals surface area contributed by atoms with Crippen LogP contribution in [-0.2, 0) is 12.0 Å². The van der Waals surface area contributed by atoms with E-state index < -0.39 is 0 Å². The van der Waals surface area contributed by atoms with Gasteiger partial charge in [-0.15, -0.1) is 21.5 Å². The Hall–Kier alpha value is -1.73. The molecule has 0 aliphatic rings. The zero-order valence-corrected chi connectivity index (χ0v) is 15.3. The van der Waals surface area contributed by atoms with Crippen molar-refractivity contribution in [2.24, 2.45) is 0 Å². The fraction of sp³-hybridized carbons (Fsp3) is 0.375. The van der Waals surface area contributed by atoms with Crippen molar-refractivity contribution < 1.29 is 0 Å². The molecule has 120 valence electrons. The van der Waals surface area contributed by atoms with Crippen molar-refractivity contribution in [3.05, 3.63) is 35.6 Å². The van der Waals surface area contributed by atoms with Crippen molar-refractivity contribution in [2.45, 2.75) is 49.8 Å². The van der Waals surface area contributed by atoms with Crippen LogP contribution >= 0.6 is 23.1 Å². The highest BCUT2D eigenvalue weighted by atomic mass is 32.2. The van der Waals surface area contributed by atoms with Crippen LogP contribution in [-0.4, -0.2) is 24.7 Å². The Kier molecular flexibility index (Phi) is 4.50. The minimum absolute atomic E-state index is 0.0723. The van der Waals surface area contributed by atoms with E-state index in [1.165, 1.54) is 11.8 Å². The van der Waals surface area contributed by atoms with E-state index in [1.807, 2.05) is 18.3 Å². The van der Waals surface area contributed by atoms with Crippen LogP contribution in [0.1, 0.15) is 33.5 Å². The van der Waals surface area contributed by atoms with Crippen LogP contribution in [0.25, 0.3) is 10.7 Å². The van der Waals surface area contributed by atoms with Gasteiger partial charge in [-0.25, -0.2) is 9.97 Å². The van der Waals surface area contributed by atoms with Gasteiger partial charge in [0, 0.05) is 18.2 Å². The van der Waals surface area contributed by atoms with Gasteiger partial charge in [-0.2, -0.15) is 0 Å². The second-order valence-electron chi connectivity index (χ2n) is 6.10. The topological polar surface area (TPSA) is 56.5 Å². The first-order chi connectivity index (χ1) is 11.0. The van der Waals surface area contributed by atoms with Crippen LogP contribution in [0.2, 0.25) is 0 Å². The molecule has 0 N–H and O–H groups in total. The van der Waals surface area contributed by atoms with Crippen molar-refractivity contribution in [1.29, 1.82) is 0 Å². The van der Waals surface area contributed by atoms with E-state index in [2.05, 4.69) is 63.9 Å². The maximum Gasteiger partial charge on any atom is 0.197 e. The molecular weight excluding hydrogens is 326 g/mol. The number of rotatable bonds is 4. The summed E-state index contributed by atoms with van der Waals surface area (Å²) in [5.41, 5.74) is -0.0723. The van der Waals surface area contributed by atoms with E-state index in [-0.39, 0.29) is 5.41 Å². The van der Waals surface area contributed by atoms with Crippen LogP contribution in [0.5, 0.6) is 0 Å². The summed E-state index contributed by atoms with van der Waals surface area (Å²) >= 11 is 3.20. The first-order valence-electron chi connectivity index (χ1n) is 7.47. The molecule has 0 aliphatic carbocycles. The summed E-state index contributed by atoms with van der Waals surface area (Å²) in [5.74, 6) is 1.75. The highest BCUT2D eigenvalue weighted by molar-refractivity contribution is 7.99. The van der Waals surface area contributed by atoms with Crippen LogP contribution in [0, 0.1) is 0 Å². The van der Waals surface area contributed by atoms with Gasteiger partial charge in [0.25, 0.3) is 0 Å². The predicted octanol–water partition coefficient (Wildman–Crippen LogP) is 4.27. The summed E-state index contributed by atoms with van der Waals surface area (Å²) in [4.78, 5) is 10.2. The fourth-order valence-electron chi connectivity index (χ4n) is 2.09. The molecule has 0 fully saturated rings. The fourth-order valence-corrected chi connectivity index (χ4v) is 3.66. The van der Waals surface area contributed by atoms with Crippen molar-refractivity contribution in [3.8, 4) is 10.7 Å². The van der Waals surface area contributed by atoms with Gasteiger partial charge in [-0.1, -0.05) is 26.8 Å². The number of aromatic nitrogens is 5. The van der Waals surface area contributed by atoms with E-state index in [1.54, 1.807) is 11.3 Å². The average Bonchev–Trinajstić information content (AvgIpc) is 3.15. The van der Waals surface area contributed by atoms with Gasteiger partial charge in [-0.05, 0) is 36.2 Å². The molecule has 7 heteroatoms. The lowest BCUT2D eigenvalue weighted by atomic mass is 9.96. The molecule has 3 aromatic heterocycles. The van der Waals surface area contributed by atoms with Crippen LogP contribution < -0.4 is 0 Å². The molecule has 0 spiro atoms. The molecular formula is C16H19N5S2. The molecule has 3 heterocycles. The summed E-state index contributed by atoms with van der Waals surface area (Å²) in [6.07, 6.45) is 1.81. The molecule has 0 saturated heterocycles. The van der Waals surface area contributed by atoms with Gasteiger partial charge < -0.3 is 4.57 Å². The predicted molar refractivity (Wildman–Crippen MR) is 93.9 cm³/mol. The maximum atomic E-state index is 4.66. The second-order valence-corrected chi connectivity index (χ2v) is 8.03. The third-order valence-electron chi connectivity index (χ3n) is 3.27. The molecule has 0 unspecified atom stereocenters. The monoisotopic (exact) mass is 345 g/mol. The molecule has 3 aromatic rings. The molecule has 5 nitrogen and oxygen atoms in total. The van der Waals surface area contributed by atoms with Gasteiger partial charge in [0.2, 0.25) is 0 Å². The largest absolute Gasteiger partial charge is 0.301 e. The van der Waals surface area contributed by atoms with Gasteiger partial charge in [-0.3, -0.25) is 0 Å². The van der Waals surface area contributed by atoms with Crippen molar-refractivity contribution in [3.63, 3.8) is 0 Å². The highest BCUT2D eigenvalue weighted by Crippen LogP contribution is 2.31. The van der Waals surface area contributed by atoms with E-state index >= 15 is 0 Å². The molecule has 0 aliphatic heterocycles. The summed E-state index contributed by atoms with van der Waals surface area (Å²) in [5, 5.41) is 12.5. The zero-order valence-electron chi connectivity index (χ0n) is 13.6. The quantitative estimate of drug-likeness (QED) is 0.661. The van der Waals surface area contributed by atoms with Crippen LogP contribution in [0.4, 0.5) is 0 Å². The Morgan fingerprint density at radius 2 is 2.04 bits per heavy atom. The normalized spacial score (nSPS) is 11.8. The maximum absolute atomic E-state index is 4.66. The van der Waals surface area contributed by atoms with Crippen molar-refractivity contribution in [1.82, 2.24) is 24.7 Å². The Balaban J connectivity index is 1.92. The number of nitrogens with zero attached hydrogens (tertiary/aromatic N) is 5. The molecule has 0 bridgehead atoms. The lowest BCUT2D eigenvalue weighted by Crippen LogP contribution is -2.15. The van der Waals surface area contributed by atoms with Crippen molar-refractivity contribution >= 4 is 23.1 Å². The summed E-state index contributed by atoms with van der Waals surface area (Å²) in [7, 11) is 0. The third kappa shape index (κ3) is 3.45. The van der Waals surface area contributed by atoms with Gasteiger partial charge in [0.1, 0.15) is 10.9 Å². The Morgan fingerprint density at radius 1 is 1.22 bits per heavy atom. The molecule has 0 amide bonds. The van der Waals surface area contributed by atoms with E-state index in [9.17, 15) is 0 Å². The van der Waals surface area contributed by atoms with Crippen LogP contribution in [0.15, 0.2) is 40.0 Å². The standard InChI is InChI=1S/C16H19N5S2/c1-5-21-13(11-7-6-10-22-11)19-20-15(21)23-12-8-9-17-14(18-12)16(2,3)4/h6-10H,5H2,1-4H3. The highest BCUT2D eigenvalue weighted by Gasteiger charge is 2.19. The molecule has 3 rings (SSSR count). The number of hydrogen-bond donors (Lipinski definition) is 0. The Bertz CT molecular complexity index is 787. The van der Waals surface area contributed by atoms with Gasteiger partial charge in [0.05, 0.1) is 4.88 Å². The van der Waals surface area contributed by atoms with Crippen LogP contribution in [0.3, 0.4) is 0 Å². The SMILES string of the molecule is CCn1c(Sc2ccnc(C(C)(C)C)n2)nnc1-c1cccs1. The molecule has 0 saturated carbocycles. The van der Waals surface area contributed by atoms with E-state index in [0.29, 0.717) is 0 Å². The van der Waals surface area contributed by atoms with E-state index in [4.69, 9.17) is 0 Å². The number of hydrogen-bond acceptors (Lipinski definition) is 6. The second kappa shape index (κ2) is 6.41. The molecule has 0 atom stereocenters. The minimum atomic E-state index is -0.0723. The van der Waals surface area contributed by atoms with E-state index in [0.717, 1.165) is 33.3 Å². The number of thiophene rings is 1. The smallest absolute Gasteiger partial charge is 0.197 e. The Morgan fingerprint density at radius 3 is 2.70 bits per heavy atom. The summed E-state index contributed by atoms with van der Waals surface area (Å²) < 4.78 is 2.12. The van der Waals surface area contributed by atoms with Gasteiger partial charge >= 0.3 is 0 Å². The minimum Gasteiger partial charge on any atom is -0.301 e. The molecule has 23 heavy (non-hydrogen) atoms. The lowest BCUT2D eigenvalue weighted by molar-refractivity contribution is 0.538. The average molecular weight is 345 g/mol. The Labute approximate surface area is 144 Å². The van der Waals surface area contributed by atoms with Crippen molar-refractivity contribution in [2.75, 3.05) is 0 Å². The lowest BCUT2D eigenvalue weighted by Gasteiger charge is -2.16. The first kappa shape index (κ1) is 16.1. The van der Waals surface area contributed by atoms with Gasteiger partial charge in [0.15, 0.2) is 11.0 Å². The summed E-state index contributed by atoms with van der Waals surface area (Å²) in [6.45, 7) is 9.26. The third-order valence-corrected chi connectivity index (χ3v) is 5.06.